The molecule has 1 aliphatic rings. The zero-order valence-electron chi connectivity index (χ0n) is 15.9. The molecule has 0 unspecified atom stereocenters. The van der Waals surface area contributed by atoms with E-state index in [4.69, 9.17) is 9.47 Å². The van der Waals surface area contributed by atoms with Gasteiger partial charge in [0.05, 0.1) is 25.9 Å². The Morgan fingerprint density at radius 1 is 1.04 bits per heavy atom. The SMILES string of the molecule is CC1=C(Br)[C@@](O)([C@H](C)COCc2ccccc2)C[C@@H]1OCc1ccccc1. The van der Waals surface area contributed by atoms with Gasteiger partial charge in [0, 0.05) is 16.8 Å². The van der Waals surface area contributed by atoms with Crippen molar-refractivity contribution in [2.45, 2.75) is 45.2 Å². The molecule has 0 heterocycles. The first kappa shape index (κ1) is 20.3. The smallest absolute Gasteiger partial charge is 0.104 e. The van der Waals surface area contributed by atoms with E-state index < -0.39 is 5.60 Å². The number of hydrogen-bond donors (Lipinski definition) is 1. The summed E-state index contributed by atoms with van der Waals surface area (Å²) in [6.07, 6.45) is 0.448. The summed E-state index contributed by atoms with van der Waals surface area (Å²) in [6, 6.07) is 20.2. The van der Waals surface area contributed by atoms with Crippen molar-refractivity contribution in [2.75, 3.05) is 6.61 Å². The van der Waals surface area contributed by atoms with E-state index in [1.807, 2.05) is 62.4 Å². The molecule has 4 heteroatoms. The molecule has 3 rings (SSSR count). The molecule has 0 aromatic heterocycles. The van der Waals surface area contributed by atoms with Crippen molar-refractivity contribution in [3.8, 4) is 0 Å². The van der Waals surface area contributed by atoms with Crippen LogP contribution in [0.2, 0.25) is 0 Å². The molecule has 27 heavy (non-hydrogen) atoms. The Morgan fingerprint density at radius 2 is 1.59 bits per heavy atom. The topological polar surface area (TPSA) is 38.7 Å². The summed E-state index contributed by atoms with van der Waals surface area (Å²) in [6.45, 7) is 5.63. The zero-order chi connectivity index (χ0) is 19.3. The molecular weight excluding hydrogens is 404 g/mol. The lowest BCUT2D eigenvalue weighted by atomic mass is 9.88. The van der Waals surface area contributed by atoms with Crippen molar-refractivity contribution in [1.82, 2.24) is 0 Å². The minimum atomic E-state index is -0.956. The normalized spacial score (nSPS) is 23.6. The minimum Gasteiger partial charge on any atom is -0.384 e. The van der Waals surface area contributed by atoms with Crippen LogP contribution in [-0.2, 0) is 22.7 Å². The van der Waals surface area contributed by atoms with Crippen molar-refractivity contribution in [3.05, 3.63) is 81.8 Å². The Bertz CT molecular complexity index is 760. The fourth-order valence-corrected chi connectivity index (χ4v) is 4.25. The summed E-state index contributed by atoms with van der Waals surface area (Å²) in [5.74, 6) is -0.0455. The van der Waals surface area contributed by atoms with E-state index in [-0.39, 0.29) is 12.0 Å². The molecule has 0 spiro atoms. The van der Waals surface area contributed by atoms with Gasteiger partial charge in [-0.05, 0) is 23.6 Å². The Kier molecular flexibility index (Phi) is 6.88. The molecule has 0 amide bonds. The number of ether oxygens (including phenoxy) is 2. The molecule has 0 saturated heterocycles. The fraction of sp³-hybridized carbons (Fsp3) is 0.391. The highest BCUT2D eigenvalue weighted by molar-refractivity contribution is 9.11. The molecule has 2 aromatic carbocycles. The zero-order valence-corrected chi connectivity index (χ0v) is 17.5. The maximum absolute atomic E-state index is 11.3. The summed E-state index contributed by atoms with van der Waals surface area (Å²) in [5, 5.41) is 11.3. The number of aliphatic hydroxyl groups is 1. The van der Waals surface area contributed by atoms with Crippen molar-refractivity contribution in [2.24, 2.45) is 5.92 Å². The van der Waals surface area contributed by atoms with Gasteiger partial charge in [-0.2, -0.15) is 0 Å². The van der Waals surface area contributed by atoms with E-state index in [1.54, 1.807) is 0 Å². The van der Waals surface area contributed by atoms with E-state index in [0.717, 1.165) is 21.2 Å². The standard InChI is InChI=1S/C23H27BrO3/c1-17(14-26-15-19-9-5-3-6-10-19)23(25)13-21(18(2)22(23)24)27-16-20-11-7-4-8-12-20/h3-12,17,21,25H,13-16H2,1-2H3/t17-,21+,23+/m1/s1. The number of halogens is 1. The molecular formula is C23H27BrO3. The molecule has 144 valence electrons. The summed E-state index contributed by atoms with van der Waals surface area (Å²) < 4.78 is 12.8. The second-order valence-corrected chi connectivity index (χ2v) is 8.11. The average molecular weight is 431 g/mol. The Balaban J connectivity index is 1.56. The van der Waals surface area contributed by atoms with Gasteiger partial charge in [-0.1, -0.05) is 83.5 Å². The lowest BCUT2D eigenvalue weighted by Crippen LogP contribution is -2.38. The van der Waals surface area contributed by atoms with Gasteiger partial charge in [-0.25, -0.2) is 0 Å². The van der Waals surface area contributed by atoms with E-state index in [2.05, 4.69) is 28.1 Å². The van der Waals surface area contributed by atoms with Crippen LogP contribution < -0.4 is 0 Å². The van der Waals surface area contributed by atoms with Gasteiger partial charge in [-0.3, -0.25) is 0 Å². The van der Waals surface area contributed by atoms with Crippen LogP contribution in [0, 0.1) is 5.92 Å². The van der Waals surface area contributed by atoms with Crippen LogP contribution >= 0.6 is 15.9 Å². The average Bonchev–Trinajstić information content (AvgIpc) is 2.93. The fourth-order valence-electron chi connectivity index (χ4n) is 3.45. The molecule has 0 fully saturated rings. The molecule has 1 aliphatic carbocycles. The van der Waals surface area contributed by atoms with Crippen molar-refractivity contribution >= 4 is 15.9 Å². The summed E-state index contributed by atoms with van der Waals surface area (Å²) in [7, 11) is 0. The predicted octanol–water partition coefficient (Wildman–Crippen LogP) is 5.23. The molecule has 0 bridgehead atoms. The van der Waals surface area contributed by atoms with Gasteiger partial charge in [0.25, 0.3) is 0 Å². The number of benzene rings is 2. The van der Waals surface area contributed by atoms with Gasteiger partial charge in [-0.15, -0.1) is 0 Å². The highest BCUT2D eigenvalue weighted by Gasteiger charge is 2.46. The van der Waals surface area contributed by atoms with E-state index in [1.165, 1.54) is 0 Å². The molecule has 0 aliphatic heterocycles. The highest BCUT2D eigenvalue weighted by atomic mass is 79.9. The maximum Gasteiger partial charge on any atom is 0.104 e. The summed E-state index contributed by atoms with van der Waals surface area (Å²) in [4.78, 5) is 0. The largest absolute Gasteiger partial charge is 0.384 e. The quantitative estimate of drug-likeness (QED) is 0.622. The first-order chi connectivity index (χ1) is 13.0. The van der Waals surface area contributed by atoms with Crippen LogP contribution in [0.1, 0.15) is 31.4 Å². The number of rotatable bonds is 8. The highest BCUT2D eigenvalue weighted by Crippen LogP contribution is 2.45. The molecule has 3 nitrogen and oxygen atoms in total. The van der Waals surface area contributed by atoms with Gasteiger partial charge in [0.2, 0.25) is 0 Å². The van der Waals surface area contributed by atoms with Crippen LogP contribution in [0.5, 0.6) is 0 Å². The van der Waals surface area contributed by atoms with Gasteiger partial charge < -0.3 is 14.6 Å². The van der Waals surface area contributed by atoms with Crippen LogP contribution in [0.15, 0.2) is 70.7 Å². The predicted molar refractivity (Wildman–Crippen MR) is 111 cm³/mol. The minimum absolute atomic E-state index is 0.0455. The first-order valence-electron chi connectivity index (χ1n) is 9.37. The first-order valence-corrected chi connectivity index (χ1v) is 10.2. The van der Waals surface area contributed by atoms with Crippen molar-refractivity contribution < 1.29 is 14.6 Å². The summed E-state index contributed by atoms with van der Waals surface area (Å²) >= 11 is 3.62. The van der Waals surface area contributed by atoms with Gasteiger partial charge in [0.15, 0.2) is 0 Å². The second-order valence-electron chi connectivity index (χ2n) is 7.31. The molecule has 2 aromatic rings. The third kappa shape index (κ3) is 4.88. The van der Waals surface area contributed by atoms with E-state index in [0.29, 0.717) is 26.2 Å². The van der Waals surface area contributed by atoms with Crippen LogP contribution in [0.25, 0.3) is 0 Å². The second kappa shape index (κ2) is 9.16. The Labute approximate surface area is 170 Å². The lowest BCUT2D eigenvalue weighted by Gasteiger charge is -2.31. The van der Waals surface area contributed by atoms with Crippen LogP contribution in [0.3, 0.4) is 0 Å². The van der Waals surface area contributed by atoms with Crippen LogP contribution in [0.4, 0.5) is 0 Å². The monoisotopic (exact) mass is 430 g/mol. The molecule has 0 saturated carbocycles. The maximum atomic E-state index is 11.3. The Hall–Kier alpha value is -1.46. The van der Waals surface area contributed by atoms with Gasteiger partial charge in [0.1, 0.15) is 5.60 Å². The van der Waals surface area contributed by atoms with Gasteiger partial charge >= 0.3 is 0 Å². The molecule has 0 radical (unpaired) electrons. The van der Waals surface area contributed by atoms with Crippen molar-refractivity contribution in [3.63, 3.8) is 0 Å². The van der Waals surface area contributed by atoms with E-state index in [9.17, 15) is 5.11 Å². The third-order valence-corrected chi connectivity index (χ3v) is 6.61. The molecule has 1 N–H and O–H groups in total. The third-order valence-electron chi connectivity index (χ3n) is 5.29. The van der Waals surface area contributed by atoms with E-state index >= 15 is 0 Å². The summed E-state index contributed by atoms with van der Waals surface area (Å²) in [5.41, 5.74) is 2.37. The number of hydrogen-bond acceptors (Lipinski definition) is 3. The van der Waals surface area contributed by atoms with Crippen LogP contribution in [-0.4, -0.2) is 23.4 Å². The van der Waals surface area contributed by atoms with Crippen molar-refractivity contribution in [1.29, 1.82) is 0 Å². The molecule has 3 atom stereocenters. The lowest BCUT2D eigenvalue weighted by molar-refractivity contribution is -0.0447. The Morgan fingerprint density at radius 3 is 2.19 bits per heavy atom.